The van der Waals surface area contributed by atoms with Crippen molar-refractivity contribution in [3.05, 3.63) is 65.2 Å². The number of benzene rings is 3. The molecule has 0 unspecified atom stereocenters. The van der Waals surface area contributed by atoms with E-state index in [0.29, 0.717) is 24.5 Å². The number of hydrogen-bond donors (Lipinski definition) is 0. The molecule has 0 spiro atoms. The minimum atomic E-state index is -0.0778. The first-order valence-corrected chi connectivity index (χ1v) is 13.0. The molecule has 1 amide bonds. The quantitative estimate of drug-likeness (QED) is 0.346. The lowest BCUT2D eigenvalue weighted by atomic mass is 10.0. The predicted molar refractivity (Wildman–Crippen MR) is 143 cm³/mol. The average molecular weight is 490 g/mol. The van der Waals surface area contributed by atoms with Crippen molar-refractivity contribution in [2.24, 2.45) is 0 Å². The maximum Gasteiger partial charge on any atom is 0.264 e. The number of morpholine rings is 1. The highest BCUT2D eigenvalue weighted by Gasteiger charge is 2.27. The molecule has 0 saturated carbocycles. The zero-order chi connectivity index (χ0) is 24.4. The van der Waals surface area contributed by atoms with Crippen LogP contribution in [0.25, 0.3) is 21.0 Å². The maximum atomic E-state index is 14.3. The van der Waals surface area contributed by atoms with Gasteiger partial charge in [0.05, 0.1) is 35.6 Å². The van der Waals surface area contributed by atoms with E-state index < -0.39 is 0 Å². The van der Waals surface area contributed by atoms with Crippen LogP contribution in [0.15, 0.2) is 48.5 Å². The van der Waals surface area contributed by atoms with E-state index in [1.807, 2.05) is 48.2 Å². The highest BCUT2D eigenvalue weighted by atomic mass is 32.1. The molecule has 5 rings (SSSR count). The highest BCUT2D eigenvalue weighted by molar-refractivity contribution is 7.22. The van der Waals surface area contributed by atoms with Crippen LogP contribution in [0.3, 0.4) is 0 Å². The number of nitrogens with zero attached hydrogens (tertiary/aromatic N) is 3. The van der Waals surface area contributed by atoms with Gasteiger partial charge in [-0.25, -0.2) is 4.98 Å². The van der Waals surface area contributed by atoms with Crippen LogP contribution in [0.1, 0.15) is 28.4 Å². The zero-order valence-corrected chi connectivity index (χ0v) is 21.4. The van der Waals surface area contributed by atoms with Gasteiger partial charge in [0, 0.05) is 26.2 Å². The van der Waals surface area contributed by atoms with Crippen molar-refractivity contribution in [3.8, 4) is 5.75 Å². The first-order valence-electron chi connectivity index (χ1n) is 12.2. The van der Waals surface area contributed by atoms with E-state index in [1.54, 1.807) is 11.3 Å². The SMILES string of the molecule is CCOc1ccc2ccccc2c1C(=O)N(CCN1CCOCC1)c1nc2cc(C)c(C)cc2s1. The third-order valence-corrected chi connectivity index (χ3v) is 7.66. The summed E-state index contributed by atoms with van der Waals surface area (Å²) >= 11 is 1.57. The van der Waals surface area contributed by atoms with Crippen molar-refractivity contribution in [1.29, 1.82) is 0 Å². The van der Waals surface area contributed by atoms with Crippen LogP contribution in [-0.4, -0.2) is 61.8 Å². The molecule has 35 heavy (non-hydrogen) atoms. The Hall–Kier alpha value is -3.00. The van der Waals surface area contributed by atoms with Gasteiger partial charge in [-0.1, -0.05) is 41.7 Å². The third-order valence-electron chi connectivity index (χ3n) is 6.62. The van der Waals surface area contributed by atoms with Crippen LogP contribution in [0, 0.1) is 13.8 Å². The Balaban J connectivity index is 1.59. The molecule has 7 heteroatoms. The van der Waals surface area contributed by atoms with Gasteiger partial charge in [0.15, 0.2) is 5.13 Å². The summed E-state index contributed by atoms with van der Waals surface area (Å²) in [6.07, 6.45) is 0. The molecule has 1 fully saturated rings. The number of rotatable bonds is 7. The van der Waals surface area contributed by atoms with E-state index >= 15 is 0 Å². The summed E-state index contributed by atoms with van der Waals surface area (Å²) in [4.78, 5) is 23.4. The average Bonchev–Trinajstić information content (AvgIpc) is 3.27. The summed E-state index contributed by atoms with van der Waals surface area (Å²) < 4.78 is 12.6. The number of ether oxygens (including phenoxy) is 2. The number of aromatic nitrogens is 1. The molecule has 1 aliphatic heterocycles. The van der Waals surface area contributed by atoms with E-state index in [0.717, 1.165) is 59.0 Å². The largest absolute Gasteiger partial charge is 0.493 e. The Morgan fingerprint density at radius 3 is 2.69 bits per heavy atom. The molecular weight excluding hydrogens is 458 g/mol. The second kappa shape index (κ2) is 10.3. The van der Waals surface area contributed by atoms with Crippen molar-refractivity contribution >= 4 is 43.4 Å². The van der Waals surface area contributed by atoms with Gasteiger partial charge in [0.2, 0.25) is 0 Å². The lowest BCUT2D eigenvalue weighted by Crippen LogP contribution is -2.43. The van der Waals surface area contributed by atoms with Crippen molar-refractivity contribution in [2.45, 2.75) is 20.8 Å². The Labute approximate surface area is 210 Å². The molecule has 0 atom stereocenters. The van der Waals surface area contributed by atoms with Gasteiger partial charge in [0.1, 0.15) is 5.75 Å². The monoisotopic (exact) mass is 489 g/mol. The molecule has 182 valence electrons. The van der Waals surface area contributed by atoms with Crippen molar-refractivity contribution < 1.29 is 14.3 Å². The van der Waals surface area contributed by atoms with Crippen LogP contribution in [0.5, 0.6) is 5.75 Å². The van der Waals surface area contributed by atoms with Crippen molar-refractivity contribution in [2.75, 3.05) is 50.9 Å². The van der Waals surface area contributed by atoms with E-state index in [1.165, 1.54) is 11.1 Å². The van der Waals surface area contributed by atoms with Crippen LogP contribution >= 0.6 is 11.3 Å². The van der Waals surface area contributed by atoms with Gasteiger partial charge in [-0.15, -0.1) is 0 Å². The molecular formula is C28H31N3O3S. The minimum absolute atomic E-state index is 0.0778. The Morgan fingerprint density at radius 2 is 1.89 bits per heavy atom. The van der Waals surface area contributed by atoms with Crippen molar-refractivity contribution in [1.82, 2.24) is 9.88 Å². The second-order valence-corrected chi connectivity index (χ2v) is 9.91. The summed E-state index contributed by atoms with van der Waals surface area (Å²) in [6.45, 7) is 11.2. The van der Waals surface area contributed by atoms with Gasteiger partial charge in [-0.3, -0.25) is 14.6 Å². The number of hydrogen-bond acceptors (Lipinski definition) is 6. The van der Waals surface area contributed by atoms with E-state index in [2.05, 4.69) is 30.9 Å². The molecule has 2 heterocycles. The number of aryl methyl sites for hydroxylation is 2. The van der Waals surface area contributed by atoms with Crippen LogP contribution < -0.4 is 9.64 Å². The standard InChI is InChI=1S/C28H31N3O3S/c1-4-34-24-10-9-21-7-5-6-8-22(21)26(24)27(32)31(12-11-30-13-15-33-16-14-30)28-29-23-17-19(2)20(3)18-25(23)35-28/h5-10,17-18H,4,11-16H2,1-3H3. The number of fused-ring (bicyclic) bond motifs is 2. The number of thiazole rings is 1. The molecule has 1 aromatic heterocycles. The van der Waals surface area contributed by atoms with Crippen molar-refractivity contribution in [3.63, 3.8) is 0 Å². The molecule has 0 aliphatic carbocycles. The maximum absolute atomic E-state index is 14.3. The number of amides is 1. The fraction of sp³-hybridized carbons (Fsp3) is 0.357. The minimum Gasteiger partial charge on any atom is -0.493 e. The molecule has 4 aromatic rings. The van der Waals surface area contributed by atoms with Gasteiger partial charge < -0.3 is 9.47 Å². The first kappa shape index (κ1) is 23.7. The summed E-state index contributed by atoms with van der Waals surface area (Å²) in [5.41, 5.74) is 3.96. The fourth-order valence-corrected chi connectivity index (χ4v) is 5.59. The van der Waals surface area contributed by atoms with Crippen LogP contribution in [0.4, 0.5) is 5.13 Å². The highest BCUT2D eigenvalue weighted by Crippen LogP contribution is 2.35. The molecule has 0 N–H and O–H groups in total. The summed E-state index contributed by atoms with van der Waals surface area (Å²) in [7, 11) is 0. The molecule has 3 aromatic carbocycles. The smallest absolute Gasteiger partial charge is 0.264 e. The predicted octanol–water partition coefficient (Wildman–Crippen LogP) is 5.44. The van der Waals surface area contributed by atoms with Gasteiger partial charge in [0.25, 0.3) is 5.91 Å². The lowest BCUT2D eigenvalue weighted by molar-refractivity contribution is 0.0391. The van der Waals surface area contributed by atoms with Gasteiger partial charge >= 0.3 is 0 Å². The van der Waals surface area contributed by atoms with E-state index in [-0.39, 0.29) is 5.91 Å². The van der Waals surface area contributed by atoms with Gasteiger partial charge in [-0.2, -0.15) is 0 Å². The molecule has 1 saturated heterocycles. The number of carbonyl (C=O) groups is 1. The number of anilines is 1. The fourth-order valence-electron chi connectivity index (χ4n) is 4.52. The molecule has 1 aliphatic rings. The van der Waals surface area contributed by atoms with E-state index in [9.17, 15) is 4.79 Å². The van der Waals surface area contributed by atoms with E-state index in [4.69, 9.17) is 14.5 Å². The first-order chi connectivity index (χ1) is 17.0. The third kappa shape index (κ3) is 4.89. The zero-order valence-electron chi connectivity index (χ0n) is 20.5. The summed E-state index contributed by atoms with van der Waals surface area (Å²) in [5, 5.41) is 2.63. The Kier molecular flexibility index (Phi) is 7.00. The second-order valence-electron chi connectivity index (χ2n) is 8.90. The lowest BCUT2D eigenvalue weighted by Gasteiger charge is -2.29. The van der Waals surface area contributed by atoms with Crippen LogP contribution in [0.2, 0.25) is 0 Å². The summed E-state index contributed by atoms with van der Waals surface area (Å²) in [5.74, 6) is 0.534. The van der Waals surface area contributed by atoms with Crippen LogP contribution in [-0.2, 0) is 4.74 Å². The van der Waals surface area contributed by atoms with Gasteiger partial charge in [-0.05, 0) is 60.9 Å². The molecule has 6 nitrogen and oxygen atoms in total. The Bertz CT molecular complexity index is 1320. The number of carbonyl (C=O) groups excluding carboxylic acids is 1. The summed E-state index contributed by atoms with van der Waals surface area (Å²) in [6, 6.07) is 16.2. The Morgan fingerprint density at radius 1 is 1.11 bits per heavy atom. The topological polar surface area (TPSA) is 54.9 Å². The normalized spacial score (nSPS) is 14.5. The molecule has 0 radical (unpaired) electrons. The molecule has 0 bridgehead atoms.